The van der Waals surface area contributed by atoms with Crippen LogP contribution in [-0.2, 0) is 17.6 Å². The predicted molar refractivity (Wildman–Crippen MR) is 88.0 cm³/mol. The van der Waals surface area contributed by atoms with Gasteiger partial charge in [0, 0.05) is 11.8 Å². The molecule has 6 heteroatoms. The molecule has 1 amide bonds. The van der Waals surface area contributed by atoms with E-state index in [1.165, 1.54) is 12.1 Å². The molecule has 6 nitrogen and oxygen atoms in total. The van der Waals surface area contributed by atoms with Crippen molar-refractivity contribution in [2.75, 3.05) is 0 Å². The molecule has 1 aliphatic rings. The van der Waals surface area contributed by atoms with Crippen LogP contribution in [-0.4, -0.2) is 22.0 Å². The van der Waals surface area contributed by atoms with Gasteiger partial charge in [-0.15, -0.1) is 0 Å². The lowest BCUT2D eigenvalue weighted by molar-refractivity contribution is -0.121. The number of hydrogen-bond donors (Lipinski definition) is 3. The number of aromatic carboxylic acids is 1. The maximum Gasteiger partial charge on any atom is 0.335 e. The summed E-state index contributed by atoms with van der Waals surface area (Å²) in [5.41, 5.74) is 2.28. The van der Waals surface area contributed by atoms with Gasteiger partial charge in [0.25, 0.3) is 0 Å². The van der Waals surface area contributed by atoms with Crippen molar-refractivity contribution >= 4 is 11.9 Å². The van der Waals surface area contributed by atoms with Gasteiger partial charge in [-0.05, 0) is 42.5 Å². The summed E-state index contributed by atoms with van der Waals surface area (Å²) in [6, 6.07) is 9.55. The first-order chi connectivity index (χ1) is 11.5. The molecule has 0 saturated heterocycles. The summed E-state index contributed by atoms with van der Waals surface area (Å²) in [6.07, 6.45) is 2.48. The summed E-state index contributed by atoms with van der Waals surface area (Å²) < 4.78 is 0. The zero-order valence-corrected chi connectivity index (χ0v) is 13.0. The van der Waals surface area contributed by atoms with E-state index in [0.717, 1.165) is 30.5 Å². The molecule has 0 fully saturated rings. The van der Waals surface area contributed by atoms with Crippen molar-refractivity contribution in [3.63, 3.8) is 0 Å². The Balaban J connectivity index is 1.75. The van der Waals surface area contributed by atoms with Crippen LogP contribution in [0.1, 0.15) is 46.1 Å². The lowest BCUT2D eigenvalue weighted by Gasteiger charge is -2.26. The molecule has 124 valence electrons. The van der Waals surface area contributed by atoms with Crippen LogP contribution in [0.25, 0.3) is 0 Å². The molecule has 0 spiro atoms. The fourth-order valence-electron chi connectivity index (χ4n) is 3.15. The van der Waals surface area contributed by atoms with Crippen molar-refractivity contribution in [3.05, 3.63) is 69.1 Å². The Morgan fingerprint density at radius 3 is 2.79 bits per heavy atom. The molecule has 1 heterocycles. The van der Waals surface area contributed by atoms with Gasteiger partial charge in [-0.1, -0.05) is 18.2 Å². The molecule has 0 radical (unpaired) electrons. The number of H-pyrrole nitrogens is 1. The number of rotatable bonds is 4. The van der Waals surface area contributed by atoms with E-state index in [2.05, 4.69) is 10.3 Å². The quantitative estimate of drug-likeness (QED) is 0.798. The third kappa shape index (κ3) is 3.37. The van der Waals surface area contributed by atoms with Gasteiger partial charge in [0.1, 0.15) is 0 Å². The normalized spacial score (nSPS) is 16.2. The van der Waals surface area contributed by atoms with E-state index in [-0.39, 0.29) is 29.5 Å². The average molecular weight is 326 g/mol. The molecule has 3 rings (SSSR count). The Bertz CT molecular complexity index is 841. The molecule has 2 aromatic rings. The van der Waals surface area contributed by atoms with E-state index >= 15 is 0 Å². The van der Waals surface area contributed by atoms with Crippen molar-refractivity contribution in [2.45, 2.75) is 31.7 Å². The van der Waals surface area contributed by atoms with E-state index < -0.39 is 5.97 Å². The topological polar surface area (TPSA) is 99.3 Å². The number of hydrogen-bond acceptors (Lipinski definition) is 3. The molecule has 0 saturated carbocycles. The number of pyridine rings is 1. The highest BCUT2D eigenvalue weighted by Crippen LogP contribution is 2.27. The van der Waals surface area contributed by atoms with Crippen molar-refractivity contribution in [1.82, 2.24) is 10.3 Å². The van der Waals surface area contributed by atoms with Gasteiger partial charge in [-0.25, -0.2) is 4.79 Å². The van der Waals surface area contributed by atoms with Crippen LogP contribution in [0, 0.1) is 0 Å². The fraction of sp³-hybridized carbons (Fsp3) is 0.278. The Morgan fingerprint density at radius 1 is 1.21 bits per heavy atom. The first-order valence-corrected chi connectivity index (χ1v) is 7.87. The molecule has 1 aromatic heterocycles. The fourth-order valence-corrected chi connectivity index (χ4v) is 3.15. The van der Waals surface area contributed by atoms with Gasteiger partial charge < -0.3 is 15.4 Å². The molecule has 1 atom stereocenters. The number of aromatic amines is 1. The van der Waals surface area contributed by atoms with E-state index in [0.29, 0.717) is 5.56 Å². The Labute approximate surface area is 138 Å². The lowest BCUT2D eigenvalue weighted by Crippen LogP contribution is -2.33. The maximum atomic E-state index is 12.4. The minimum Gasteiger partial charge on any atom is -0.478 e. The first kappa shape index (κ1) is 16.0. The van der Waals surface area contributed by atoms with Crippen molar-refractivity contribution in [2.24, 2.45) is 0 Å². The zero-order chi connectivity index (χ0) is 17.1. The molecule has 3 N–H and O–H groups in total. The molecule has 1 aromatic carbocycles. The SMILES string of the molecule is O=C(Cc1ccccc1C(=O)O)NC1CCCc2[nH]c(=O)ccc21. The van der Waals surface area contributed by atoms with Gasteiger partial charge >= 0.3 is 5.97 Å². The molecule has 1 unspecified atom stereocenters. The van der Waals surface area contributed by atoms with Crippen LogP contribution < -0.4 is 10.9 Å². The second-order valence-corrected chi connectivity index (χ2v) is 5.91. The average Bonchev–Trinajstić information content (AvgIpc) is 2.55. The predicted octanol–water partition coefficient (Wildman–Crippen LogP) is 1.81. The summed E-state index contributed by atoms with van der Waals surface area (Å²) in [4.78, 5) is 37.8. The van der Waals surface area contributed by atoms with Crippen LogP contribution in [0.2, 0.25) is 0 Å². The summed E-state index contributed by atoms with van der Waals surface area (Å²) in [5.74, 6) is -1.27. The summed E-state index contributed by atoms with van der Waals surface area (Å²) in [5, 5.41) is 12.1. The van der Waals surface area contributed by atoms with Gasteiger partial charge in [0.15, 0.2) is 0 Å². The van der Waals surface area contributed by atoms with Crippen LogP contribution in [0.5, 0.6) is 0 Å². The minimum atomic E-state index is -1.04. The monoisotopic (exact) mass is 326 g/mol. The minimum absolute atomic E-state index is 0.0116. The molecule has 0 aliphatic heterocycles. The number of fused-ring (bicyclic) bond motifs is 1. The number of carboxylic acid groups (broad SMARTS) is 1. The molecule has 0 bridgehead atoms. The highest BCUT2D eigenvalue weighted by atomic mass is 16.4. The number of carbonyl (C=O) groups is 2. The van der Waals surface area contributed by atoms with Crippen molar-refractivity contribution < 1.29 is 14.7 Å². The number of benzene rings is 1. The number of carbonyl (C=O) groups excluding carboxylic acids is 1. The molecular weight excluding hydrogens is 308 g/mol. The summed E-state index contributed by atoms with van der Waals surface area (Å²) in [6.45, 7) is 0. The Hall–Kier alpha value is -2.89. The van der Waals surface area contributed by atoms with Gasteiger partial charge in [0.05, 0.1) is 18.0 Å². The number of nitrogens with one attached hydrogen (secondary N) is 2. The van der Waals surface area contributed by atoms with Crippen molar-refractivity contribution in [3.8, 4) is 0 Å². The molecule has 1 aliphatic carbocycles. The number of amides is 1. The number of aromatic nitrogens is 1. The third-order valence-electron chi connectivity index (χ3n) is 4.27. The van der Waals surface area contributed by atoms with Gasteiger partial charge in [-0.3, -0.25) is 9.59 Å². The van der Waals surface area contributed by atoms with Crippen molar-refractivity contribution in [1.29, 1.82) is 0 Å². The second-order valence-electron chi connectivity index (χ2n) is 5.91. The van der Waals surface area contributed by atoms with Crippen LogP contribution in [0.15, 0.2) is 41.2 Å². The van der Waals surface area contributed by atoms with Gasteiger partial charge in [-0.2, -0.15) is 0 Å². The number of carboxylic acids is 1. The Kier molecular flexibility index (Phi) is 4.46. The summed E-state index contributed by atoms with van der Waals surface area (Å²) in [7, 11) is 0. The summed E-state index contributed by atoms with van der Waals surface area (Å²) >= 11 is 0. The first-order valence-electron chi connectivity index (χ1n) is 7.87. The second kappa shape index (κ2) is 6.70. The molecular formula is C18H18N2O4. The van der Waals surface area contributed by atoms with E-state index in [1.807, 2.05) is 0 Å². The highest BCUT2D eigenvalue weighted by molar-refractivity contribution is 5.91. The molecule has 24 heavy (non-hydrogen) atoms. The van der Waals surface area contributed by atoms with E-state index in [1.54, 1.807) is 24.3 Å². The zero-order valence-electron chi connectivity index (χ0n) is 13.0. The van der Waals surface area contributed by atoms with E-state index in [9.17, 15) is 19.5 Å². The van der Waals surface area contributed by atoms with E-state index in [4.69, 9.17) is 0 Å². The van der Waals surface area contributed by atoms with Crippen LogP contribution >= 0.6 is 0 Å². The Morgan fingerprint density at radius 2 is 2.00 bits per heavy atom. The number of aryl methyl sites for hydroxylation is 1. The lowest BCUT2D eigenvalue weighted by atomic mass is 9.91. The van der Waals surface area contributed by atoms with Crippen LogP contribution in [0.4, 0.5) is 0 Å². The highest BCUT2D eigenvalue weighted by Gasteiger charge is 2.23. The third-order valence-corrected chi connectivity index (χ3v) is 4.27. The van der Waals surface area contributed by atoms with Crippen LogP contribution in [0.3, 0.4) is 0 Å². The standard InChI is InChI=1S/C18H18N2O4/c21-16-9-8-13-14(19-16)6-3-7-15(13)20-17(22)10-11-4-1-2-5-12(11)18(23)24/h1-2,4-5,8-9,15H,3,6-7,10H2,(H,19,21)(H,20,22)(H,23,24). The smallest absolute Gasteiger partial charge is 0.335 e. The maximum absolute atomic E-state index is 12.4. The van der Waals surface area contributed by atoms with Gasteiger partial charge in [0.2, 0.25) is 11.5 Å². The largest absolute Gasteiger partial charge is 0.478 e.